The Bertz CT molecular complexity index is 888. The van der Waals surface area contributed by atoms with Gasteiger partial charge in [0.1, 0.15) is 31.2 Å². The van der Waals surface area contributed by atoms with Gasteiger partial charge < -0.3 is 14.6 Å². The number of piperidine rings is 1. The largest absolute Gasteiger partial charge is 0.364 e. The van der Waals surface area contributed by atoms with E-state index in [4.69, 9.17) is 4.74 Å². The van der Waals surface area contributed by atoms with E-state index >= 15 is 0 Å². The van der Waals surface area contributed by atoms with Crippen LogP contribution in [0.3, 0.4) is 0 Å². The summed E-state index contributed by atoms with van der Waals surface area (Å²) in [5.41, 5.74) is 3.05. The topological polar surface area (TPSA) is 99.8 Å². The van der Waals surface area contributed by atoms with Gasteiger partial charge in [0.25, 0.3) is 0 Å². The van der Waals surface area contributed by atoms with Gasteiger partial charge in [-0.2, -0.15) is 5.10 Å². The Hall–Kier alpha value is -2.74. The Morgan fingerprint density at radius 2 is 2.35 bits per heavy atom. The fourth-order valence-corrected chi connectivity index (χ4v) is 3.46. The number of imidazole rings is 1. The molecular formula is C18H22N6O2. The molecule has 3 heterocycles. The van der Waals surface area contributed by atoms with E-state index in [0.717, 1.165) is 47.6 Å². The molecule has 1 fully saturated rings. The maximum Gasteiger partial charge on any atom is 0.248 e. The predicted molar refractivity (Wildman–Crippen MR) is 95.4 cm³/mol. The van der Waals surface area contributed by atoms with Gasteiger partial charge in [-0.3, -0.25) is 9.89 Å². The molecule has 0 radical (unpaired) electrons. The second kappa shape index (κ2) is 7.25. The van der Waals surface area contributed by atoms with Crippen LogP contribution in [0.4, 0.5) is 0 Å². The van der Waals surface area contributed by atoms with Gasteiger partial charge in [-0.05, 0) is 31.4 Å². The van der Waals surface area contributed by atoms with E-state index in [9.17, 15) is 4.79 Å². The summed E-state index contributed by atoms with van der Waals surface area (Å²) in [5, 5.41) is 6.81. The summed E-state index contributed by atoms with van der Waals surface area (Å²) in [4.78, 5) is 26.3. The number of carbonyl (C=O) groups is 1. The van der Waals surface area contributed by atoms with E-state index in [0.29, 0.717) is 13.2 Å². The van der Waals surface area contributed by atoms with Crippen molar-refractivity contribution in [2.45, 2.75) is 32.3 Å². The number of amides is 1. The van der Waals surface area contributed by atoms with Gasteiger partial charge in [-0.15, -0.1) is 0 Å². The van der Waals surface area contributed by atoms with Crippen LogP contribution >= 0.6 is 0 Å². The van der Waals surface area contributed by atoms with Crippen molar-refractivity contribution >= 4 is 16.9 Å². The fourth-order valence-electron chi connectivity index (χ4n) is 3.46. The minimum absolute atomic E-state index is 0.00140. The highest BCUT2D eigenvalue weighted by molar-refractivity contribution is 5.78. The zero-order valence-corrected chi connectivity index (χ0v) is 14.7. The summed E-state index contributed by atoms with van der Waals surface area (Å²) >= 11 is 0. The molecule has 3 aromatic rings. The summed E-state index contributed by atoms with van der Waals surface area (Å²) in [6.07, 6.45) is 3.48. The van der Waals surface area contributed by atoms with Crippen molar-refractivity contribution < 1.29 is 9.53 Å². The molecule has 1 atom stereocenters. The number of aromatic amines is 2. The van der Waals surface area contributed by atoms with Gasteiger partial charge >= 0.3 is 0 Å². The van der Waals surface area contributed by atoms with Crippen LogP contribution in [-0.4, -0.2) is 55.7 Å². The van der Waals surface area contributed by atoms with Crippen molar-refractivity contribution in [3.8, 4) is 0 Å². The standard InChI is InChI=1S/C18H22N6O2/c1-12-4-2-6-14-17(12)22-15(21-14)9-26-10-16(25)24-7-3-5-13(8-24)18-19-11-20-23-18/h2,4,6,11,13H,3,5,7-10H2,1H3,(H,21,22)(H,19,20,23)/t13-/m0/s1. The number of carbonyl (C=O) groups excluding carboxylic acids is 1. The molecule has 0 aliphatic carbocycles. The van der Waals surface area contributed by atoms with E-state index in [1.165, 1.54) is 6.33 Å². The van der Waals surface area contributed by atoms with Crippen molar-refractivity contribution in [3.63, 3.8) is 0 Å². The summed E-state index contributed by atoms with van der Waals surface area (Å²) in [5.74, 6) is 1.80. The van der Waals surface area contributed by atoms with E-state index in [1.54, 1.807) is 0 Å². The highest BCUT2D eigenvalue weighted by Gasteiger charge is 2.26. The Balaban J connectivity index is 1.31. The molecule has 1 aliphatic heterocycles. The van der Waals surface area contributed by atoms with Crippen molar-refractivity contribution in [1.29, 1.82) is 0 Å². The summed E-state index contributed by atoms with van der Waals surface area (Å²) in [6, 6.07) is 6.01. The summed E-state index contributed by atoms with van der Waals surface area (Å²) < 4.78 is 5.61. The van der Waals surface area contributed by atoms with E-state index < -0.39 is 0 Å². The van der Waals surface area contributed by atoms with Crippen LogP contribution in [0.5, 0.6) is 0 Å². The number of fused-ring (bicyclic) bond motifs is 1. The van der Waals surface area contributed by atoms with Gasteiger partial charge in [0.15, 0.2) is 0 Å². The molecule has 1 aliphatic rings. The molecule has 1 aromatic carbocycles. The average Bonchev–Trinajstić information content (AvgIpc) is 3.32. The molecule has 0 bridgehead atoms. The van der Waals surface area contributed by atoms with Crippen LogP contribution < -0.4 is 0 Å². The number of para-hydroxylation sites is 1. The van der Waals surface area contributed by atoms with E-state index in [-0.39, 0.29) is 18.4 Å². The van der Waals surface area contributed by atoms with Crippen LogP contribution in [0.15, 0.2) is 24.5 Å². The van der Waals surface area contributed by atoms with Gasteiger partial charge in [0, 0.05) is 19.0 Å². The number of nitrogens with zero attached hydrogens (tertiary/aromatic N) is 4. The number of rotatable bonds is 5. The molecule has 1 amide bonds. The Morgan fingerprint density at radius 1 is 1.42 bits per heavy atom. The van der Waals surface area contributed by atoms with Crippen molar-refractivity contribution in [2.24, 2.45) is 0 Å². The number of likely N-dealkylation sites (tertiary alicyclic amines) is 1. The lowest BCUT2D eigenvalue weighted by Crippen LogP contribution is -2.41. The highest BCUT2D eigenvalue weighted by Crippen LogP contribution is 2.24. The van der Waals surface area contributed by atoms with Crippen LogP contribution in [-0.2, 0) is 16.1 Å². The zero-order valence-electron chi connectivity index (χ0n) is 14.7. The highest BCUT2D eigenvalue weighted by atomic mass is 16.5. The number of ether oxygens (including phenoxy) is 1. The Labute approximate surface area is 151 Å². The maximum atomic E-state index is 12.5. The predicted octanol–water partition coefficient (Wildman–Crippen LogP) is 1.91. The number of hydrogen-bond donors (Lipinski definition) is 2. The average molecular weight is 354 g/mol. The third kappa shape index (κ3) is 3.45. The van der Waals surface area contributed by atoms with Gasteiger partial charge in [0.2, 0.25) is 5.91 Å². The van der Waals surface area contributed by atoms with Crippen LogP contribution in [0, 0.1) is 6.92 Å². The van der Waals surface area contributed by atoms with Gasteiger partial charge in [-0.25, -0.2) is 9.97 Å². The van der Waals surface area contributed by atoms with Gasteiger partial charge in [-0.1, -0.05) is 12.1 Å². The molecule has 8 nitrogen and oxygen atoms in total. The second-order valence-electron chi connectivity index (χ2n) is 6.70. The maximum absolute atomic E-state index is 12.5. The number of H-pyrrole nitrogens is 2. The first-order chi connectivity index (χ1) is 12.7. The molecule has 1 saturated heterocycles. The summed E-state index contributed by atoms with van der Waals surface area (Å²) in [7, 11) is 0. The summed E-state index contributed by atoms with van der Waals surface area (Å²) in [6.45, 7) is 3.79. The Kier molecular flexibility index (Phi) is 4.66. The molecule has 4 rings (SSSR count). The van der Waals surface area contributed by atoms with Crippen molar-refractivity contribution in [2.75, 3.05) is 19.7 Å². The quantitative estimate of drug-likeness (QED) is 0.729. The molecule has 2 aromatic heterocycles. The first-order valence-electron chi connectivity index (χ1n) is 8.85. The second-order valence-corrected chi connectivity index (χ2v) is 6.70. The third-order valence-corrected chi connectivity index (χ3v) is 4.82. The number of aryl methyl sites for hydroxylation is 1. The lowest BCUT2D eigenvalue weighted by Gasteiger charge is -2.31. The smallest absolute Gasteiger partial charge is 0.248 e. The molecule has 136 valence electrons. The fraction of sp³-hybridized carbons (Fsp3) is 0.444. The van der Waals surface area contributed by atoms with Crippen LogP contribution in [0.1, 0.15) is 36.0 Å². The molecule has 26 heavy (non-hydrogen) atoms. The van der Waals surface area contributed by atoms with Gasteiger partial charge in [0.05, 0.1) is 11.0 Å². The lowest BCUT2D eigenvalue weighted by molar-refractivity contribution is -0.137. The SMILES string of the molecule is Cc1cccc2[nH]c(COCC(=O)N3CCC[C@H](c4ncn[nH]4)C3)nc12. The molecule has 2 N–H and O–H groups in total. The zero-order chi connectivity index (χ0) is 17.9. The molecule has 0 unspecified atom stereocenters. The third-order valence-electron chi connectivity index (χ3n) is 4.82. The minimum atomic E-state index is 0.00140. The monoisotopic (exact) mass is 354 g/mol. The number of hydrogen-bond acceptors (Lipinski definition) is 5. The van der Waals surface area contributed by atoms with Crippen molar-refractivity contribution in [3.05, 3.63) is 41.7 Å². The van der Waals surface area contributed by atoms with Crippen LogP contribution in [0.2, 0.25) is 0 Å². The number of aromatic nitrogens is 5. The Morgan fingerprint density at radius 3 is 3.15 bits per heavy atom. The molecule has 8 heteroatoms. The first-order valence-corrected chi connectivity index (χ1v) is 8.85. The molecular weight excluding hydrogens is 332 g/mol. The van der Waals surface area contributed by atoms with Crippen molar-refractivity contribution in [1.82, 2.24) is 30.0 Å². The van der Waals surface area contributed by atoms with Crippen LogP contribution in [0.25, 0.3) is 11.0 Å². The van der Waals surface area contributed by atoms with E-state index in [1.807, 2.05) is 30.0 Å². The minimum Gasteiger partial charge on any atom is -0.364 e. The molecule has 0 spiro atoms. The molecule has 0 saturated carbocycles. The number of nitrogens with one attached hydrogen (secondary N) is 2. The first kappa shape index (κ1) is 16.7. The normalized spacial score (nSPS) is 17.7. The number of benzene rings is 1. The lowest BCUT2D eigenvalue weighted by atomic mass is 9.97. The van der Waals surface area contributed by atoms with E-state index in [2.05, 4.69) is 25.1 Å².